The van der Waals surface area contributed by atoms with Crippen molar-refractivity contribution in [3.8, 4) is 0 Å². The summed E-state index contributed by atoms with van der Waals surface area (Å²) in [7, 11) is 0. The first-order chi connectivity index (χ1) is 7.09. The molecule has 0 saturated carbocycles. The second kappa shape index (κ2) is 3.38. The van der Waals surface area contributed by atoms with Crippen molar-refractivity contribution < 1.29 is 13.2 Å². The predicted octanol–water partition coefficient (Wildman–Crippen LogP) is 2.00. The van der Waals surface area contributed by atoms with E-state index >= 15 is 0 Å². The highest BCUT2D eigenvalue weighted by atomic mass is 19.3. The second-order valence-corrected chi connectivity index (χ2v) is 2.92. The van der Waals surface area contributed by atoms with Crippen LogP contribution in [0.3, 0.4) is 0 Å². The Hall–Kier alpha value is -1.85. The van der Waals surface area contributed by atoms with Gasteiger partial charge >= 0.3 is 0 Å². The molecule has 1 N–H and O–H groups in total. The lowest BCUT2D eigenvalue weighted by molar-refractivity contribution is 0.152. The molecule has 15 heavy (non-hydrogen) atoms. The Kier molecular flexibility index (Phi) is 2.18. The zero-order chi connectivity index (χ0) is 11.0. The molecular weight excluding hydrogens is 209 g/mol. The predicted molar refractivity (Wildman–Crippen MR) is 47.3 cm³/mol. The maximum Gasteiger partial charge on any atom is 0.266 e. The minimum atomic E-state index is -2.86. The third-order valence-corrected chi connectivity index (χ3v) is 1.97. The van der Waals surface area contributed by atoms with Crippen molar-refractivity contribution in [1.82, 2.24) is 9.97 Å². The Bertz CT molecular complexity index is 565. The molecule has 0 spiro atoms. The highest BCUT2D eigenvalue weighted by Gasteiger charge is 2.15. The summed E-state index contributed by atoms with van der Waals surface area (Å²) in [6.45, 7) is 0. The number of fused-ring (bicyclic) bond motifs is 1. The van der Waals surface area contributed by atoms with E-state index in [2.05, 4.69) is 9.97 Å². The fourth-order valence-corrected chi connectivity index (χ4v) is 1.34. The molecule has 2 aromatic rings. The van der Waals surface area contributed by atoms with E-state index in [0.29, 0.717) is 6.07 Å². The zero-order valence-electron chi connectivity index (χ0n) is 7.30. The van der Waals surface area contributed by atoms with Gasteiger partial charge in [0.2, 0.25) is 0 Å². The summed E-state index contributed by atoms with van der Waals surface area (Å²) in [5, 5.41) is -0.173. The number of aromatic amines is 1. The molecule has 6 heteroatoms. The number of H-pyrrole nitrogens is 1. The van der Waals surface area contributed by atoms with Crippen LogP contribution in [0, 0.1) is 5.82 Å². The van der Waals surface area contributed by atoms with Crippen LogP contribution in [-0.4, -0.2) is 9.97 Å². The number of benzene rings is 1. The zero-order valence-corrected chi connectivity index (χ0v) is 7.30. The van der Waals surface area contributed by atoms with E-state index in [1.54, 1.807) is 0 Å². The van der Waals surface area contributed by atoms with Crippen LogP contribution in [0.1, 0.15) is 12.0 Å². The summed E-state index contributed by atoms with van der Waals surface area (Å²) in [4.78, 5) is 17.0. The molecular formula is C9H5F3N2O. The molecule has 0 fully saturated rings. The molecule has 0 radical (unpaired) electrons. The molecule has 0 aliphatic carbocycles. The lowest BCUT2D eigenvalue weighted by Gasteiger charge is -2.03. The maximum atomic E-state index is 12.9. The van der Waals surface area contributed by atoms with Gasteiger partial charge in [0.1, 0.15) is 5.82 Å². The van der Waals surface area contributed by atoms with Crippen LogP contribution >= 0.6 is 0 Å². The van der Waals surface area contributed by atoms with Gasteiger partial charge in [-0.3, -0.25) is 4.79 Å². The summed E-state index contributed by atoms with van der Waals surface area (Å²) in [6, 6.07) is 1.56. The van der Waals surface area contributed by atoms with Gasteiger partial charge in [0.25, 0.3) is 12.0 Å². The van der Waals surface area contributed by atoms with Gasteiger partial charge < -0.3 is 4.98 Å². The number of aromatic nitrogens is 2. The third kappa shape index (κ3) is 1.58. The molecule has 0 atom stereocenters. The number of hydrogen-bond donors (Lipinski definition) is 1. The molecule has 0 aliphatic rings. The van der Waals surface area contributed by atoms with Crippen LogP contribution in [0.4, 0.5) is 13.2 Å². The van der Waals surface area contributed by atoms with Crippen LogP contribution in [0.5, 0.6) is 0 Å². The number of nitrogens with one attached hydrogen (secondary N) is 1. The SMILES string of the molecule is O=c1[nH]cnc2c(C(F)F)cc(F)cc12. The normalized spacial score (nSPS) is 11.2. The van der Waals surface area contributed by atoms with Gasteiger partial charge in [-0.25, -0.2) is 18.2 Å². The largest absolute Gasteiger partial charge is 0.313 e. The number of alkyl halides is 2. The van der Waals surface area contributed by atoms with Gasteiger partial charge in [0.05, 0.1) is 17.2 Å². The molecule has 1 heterocycles. The van der Waals surface area contributed by atoms with E-state index in [4.69, 9.17) is 0 Å². The number of hydrogen-bond acceptors (Lipinski definition) is 2. The van der Waals surface area contributed by atoms with Crippen molar-refractivity contribution in [2.75, 3.05) is 0 Å². The van der Waals surface area contributed by atoms with Crippen molar-refractivity contribution in [3.05, 3.63) is 40.2 Å². The molecule has 0 saturated heterocycles. The lowest BCUT2D eigenvalue weighted by atomic mass is 10.1. The first-order valence-electron chi connectivity index (χ1n) is 4.04. The van der Waals surface area contributed by atoms with Gasteiger partial charge in [0.15, 0.2) is 0 Å². The molecule has 2 rings (SSSR count). The van der Waals surface area contributed by atoms with Crippen LogP contribution in [-0.2, 0) is 0 Å². The Morgan fingerprint density at radius 2 is 2.07 bits per heavy atom. The average Bonchev–Trinajstić information content (AvgIpc) is 2.18. The van der Waals surface area contributed by atoms with Crippen LogP contribution in [0.2, 0.25) is 0 Å². The summed E-state index contributed by atoms with van der Waals surface area (Å²) in [5.41, 5.74) is -1.38. The molecule has 0 bridgehead atoms. The van der Waals surface area contributed by atoms with Gasteiger partial charge in [-0.05, 0) is 12.1 Å². The van der Waals surface area contributed by atoms with E-state index in [0.717, 1.165) is 12.4 Å². The van der Waals surface area contributed by atoms with Crippen molar-refractivity contribution in [1.29, 1.82) is 0 Å². The summed E-state index contributed by atoms with van der Waals surface area (Å²) >= 11 is 0. The second-order valence-electron chi connectivity index (χ2n) is 2.92. The Labute approximate surface area is 81.6 Å². The third-order valence-electron chi connectivity index (χ3n) is 1.97. The molecule has 0 unspecified atom stereocenters. The summed E-state index contributed by atoms with van der Waals surface area (Å²) in [5.74, 6) is -0.878. The van der Waals surface area contributed by atoms with Crippen molar-refractivity contribution in [2.24, 2.45) is 0 Å². The minimum Gasteiger partial charge on any atom is -0.313 e. The van der Waals surface area contributed by atoms with E-state index in [-0.39, 0.29) is 10.9 Å². The van der Waals surface area contributed by atoms with Gasteiger partial charge in [-0.15, -0.1) is 0 Å². The number of rotatable bonds is 1. The molecule has 0 aliphatic heterocycles. The Balaban J connectivity index is 2.93. The molecule has 0 amide bonds. The van der Waals surface area contributed by atoms with Crippen LogP contribution < -0.4 is 5.56 Å². The average molecular weight is 214 g/mol. The quantitative estimate of drug-likeness (QED) is 0.789. The van der Waals surface area contributed by atoms with Crippen LogP contribution in [0.15, 0.2) is 23.3 Å². The fraction of sp³-hybridized carbons (Fsp3) is 0.111. The van der Waals surface area contributed by atoms with E-state index in [9.17, 15) is 18.0 Å². The standard InChI is InChI=1S/C9H5F3N2O/c10-4-1-5(8(11)12)7-6(2-4)9(15)14-3-13-7/h1-3,8H,(H,13,14,15). The Morgan fingerprint density at radius 3 is 2.73 bits per heavy atom. The van der Waals surface area contributed by atoms with Gasteiger partial charge in [0, 0.05) is 5.56 Å². The first kappa shape index (κ1) is 9.70. The molecule has 1 aromatic heterocycles. The van der Waals surface area contributed by atoms with E-state index in [1.807, 2.05) is 0 Å². The number of halogens is 3. The molecule has 78 valence electrons. The van der Waals surface area contributed by atoms with Gasteiger partial charge in [-0.2, -0.15) is 0 Å². The summed E-state index contributed by atoms with van der Waals surface area (Å²) in [6.07, 6.45) is -1.86. The van der Waals surface area contributed by atoms with Gasteiger partial charge in [-0.1, -0.05) is 0 Å². The monoisotopic (exact) mass is 214 g/mol. The van der Waals surface area contributed by atoms with E-state index in [1.165, 1.54) is 0 Å². The lowest BCUT2D eigenvalue weighted by Crippen LogP contribution is -2.08. The van der Waals surface area contributed by atoms with Crippen molar-refractivity contribution in [2.45, 2.75) is 6.43 Å². The highest BCUT2D eigenvalue weighted by Crippen LogP contribution is 2.25. The highest BCUT2D eigenvalue weighted by molar-refractivity contribution is 5.80. The minimum absolute atomic E-state index is 0.171. The van der Waals surface area contributed by atoms with Crippen LogP contribution in [0.25, 0.3) is 10.9 Å². The van der Waals surface area contributed by atoms with Crippen molar-refractivity contribution >= 4 is 10.9 Å². The smallest absolute Gasteiger partial charge is 0.266 e. The fourth-order valence-electron chi connectivity index (χ4n) is 1.34. The first-order valence-corrected chi connectivity index (χ1v) is 4.04. The maximum absolute atomic E-state index is 12.9. The topological polar surface area (TPSA) is 45.8 Å². The molecule has 1 aromatic carbocycles. The van der Waals surface area contributed by atoms with E-state index < -0.39 is 23.4 Å². The van der Waals surface area contributed by atoms with Crippen molar-refractivity contribution in [3.63, 3.8) is 0 Å². The molecule has 3 nitrogen and oxygen atoms in total. The Morgan fingerprint density at radius 1 is 1.33 bits per heavy atom. The number of nitrogens with zero attached hydrogens (tertiary/aromatic N) is 1. The summed E-state index contributed by atoms with van der Waals surface area (Å²) < 4.78 is 37.9.